The first-order valence-electron chi connectivity index (χ1n) is 5.56. The topological polar surface area (TPSA) is 36.8 Å². The number of nitrogens with two attached hydrogens (primary N) is 1. The lowest BCUT2D eigenvalue weighted by molar-refractivity contribution is -0.670. The third-order valence-electron chi connectivity index (χ3n) is 2.99. The zero-order chi connectivity index (χ0) is 11.3. The van der Waals surface area contributed by atoms with Gasteiger partial charge in [0, 0.05) is 5.92 Å². The molecule has 0 saturated heterocycles. The van der Waals surface area contributed by atoms with E-state index < -0.39 is 12.3 Å². The van der Waals surface area contributed by atoms with Crippen LogP contribution in [-0.4, -0.2) is 30.5 Å². The van der Waals surface area contributed by atoms with E-state index in [-0.39, 0.29) is 6.54 Å². The Morgan fingerprint density at radius 2 is 1.80 bits per heavy atom. The zero-order valence-corrected chi connectivity index (χ0v) is 8.76. The Labute approximate surface area is 87.9 Å². The molecule has 1 aliphatic rings. The second kappa shape index (κ2) is 5.70. The molecule has 0 unspecified atom stereocenters. The van der Waals surface area contributed by atoms with Crippen LogP contribution in [0.25, 0.3) is 0 Å². The van der Waals surface area contributed by atoms with E-state index in [1.54, 1.807) is 5.32 Å². The Bertz CT molecular complexity index is 178. The normalized spacial score (nSPS) is 21.6. The minimum atomic E-state index is -4.47. The van der Waals surface area contributed by atoms with Crippen LogP contribution in [0.4, 0.5) is 13.2 Å². The summed E-state index contributed by atoms with van der Waals surface area (Å²) in [6.45, 7) is 0.452. The van der Waals surface area contributed by atoms with Gasteiger partial charge in [-0.25, -0.2) is 0 Å². The molecule has 0 aromatic carbocycles. The molecule has 5 heteroatoms. The molecule has 0 aromatic rings. The maximum atomic E-state index is 11.9. The van der Waals surface area contributed by atoms with Crippen LogP contribution in [0.5, 0.6) is 0 Å². The lowest BCUT2D eigenvalue weighted by Gasteiger charge is -2.21. The van der Waals surface area contributed by atoms with Gasteiger partial charge in [0.25, 0.3) is 0 Å². The molecule has 0 aliphatic heterocycles. The smallest absolute Gasteiger partial charge is 0.379 e. The van der Waals surface area contributed by atoms with E-state index in [2.05, 4.69) is 0 Å². The molecule has 3 N–H and O–H groups in total. The molecule has 2 nitrogen and oxygen atoms in total. The Morgan fingerprint density at radius 1 is 1.20 bits per heavy atom. The van der Waals surface area contributed by atoms with Gasteiger partial charge >= 0.3 is 6.18 Å². The molecule has 15 heavy (non-hydrogen) atoms. The predicted molar refractivity (Wildman–Crippen MR) is 50.3 cm³/mol. The second-order valence-corrected chi connectivity index (χ2v) is 4.32. The van der Waals surface area contributed by atoms with Crippen molar-refractivity contribution in [2.45, 2.75) is 44.4 Å². The highest BCUT2D eigenvalue weighted by Gasteiger charge is 2.39. The van der Waals surface area contributed by atoms with Crippen LogP contribution < -0.4 is 5.32 Å². The number of quaternary nitrogens is 1. The fourth-order valence-corrected chi connectivity index (χ4v) is 2.05. The zero-order valence-electron chi connectivity index (χ0n) is 8.76. The lowest BCUT2D eigenvalue weighted by Crippen LogP contribution is -2.88. The van der Waals surface area contributed by atoms with Gasteiger partial charge in [-0.05, 0) is 12.8 Å². The van der Waals surface area contributed by atoms with Crippen LogP contribution in [-0.2, 0) is 0 Å². The van der Waals surface area contributed by atoms with Crippen LogP contribution in [0.2, 0.25) is 0 Å². The minimum Gasteiger partial charge on any atom is -0.379 e. The Balaban J connectivity index is 2.10. The van der Waals surface area contributed by atoms with Gasteiger partial charge in [-0.3, -0.25) is 0 Å². The van der Waals surface area contributed by atoms with Gasteiger partial charge in [-0.15, -0.1) is 0 Å². The van der Waals surface area contributed by atoms with Crippen molar-refractivity contribution in [3.63, 3.8) is 0 Å². The Morgan fingerprint density at radius 3 is 2.33 bits per heavy atom. The Kier molecular flexibility index (Phi) is 4.86. The van der Waals surface area contributed by atoms with Gasteiger partial charge < -0.3 is 10.4 Å². The van der Waals surface area contributed by atoms with Gasteiger partial charge in [0.2, 0.25) is 0 Å². The van der Waals surface area contributed by atoms with Crippen LogP contribution in [0.15, 0.2) is 0 Å². The predicted octanol–water partition coefficient (Wildman–Crippen LogP) is 1.05. The van der Waals surface area contributed by atoms with Gasteiger partial charge in [0.15, 0.2) is 6.10 Å². The van der Waals surface area contributed by atoms with Crippen molar-refractivity contribution in [3.05, 3.63) is 0 Å². The maximum Gasteiger partial charge on any atom is 0.419 e. The first-order valence-corrected chi connectivity index (χ1v) is 5.56. The van der Waals surface area contributed by atoms with Crippen molar-refractivity contribution < 1.29 is 23.6 Å². The summed E-state index contributed by atoms with van der Waals surface area (Å²) in [6, 6.07) is 0. The number of aliphatic hydroxyl groups excluding tert-OH is 1. The van der Waals surface area contributed by atoms with E-state index in [0.717, 1.165) is 12.8 Å². The first kappa shape index (κ1) is 12.8. The molecule has 1 atom stereocenters. The summed E-state index contributed by atoms with van der Waals surface area (Å²) in [4.78, 5) is 0. The highest BCUT2D eigenvalue weighted by molar-refractivity contribution is 4.65. The molecule has 0 radical (unpaired) electrons. The SMILES string of the molecule is O[C@@H](C[NH2+]CC1CCCCC1)C(F)(F)F. The molecule has 0 bridgehead atoms. The molecule has 1 saturated carbocycles. The van der Waals surface area contributed by atoms with E-state index in [9.17, 15) is 13.2 Å². The summed E-state index contributed by atoms with van der Waals surface area (Å²) in [5.41, 5.74) is 0. The minimum absolute atomic E-state index is 0.264. The van der Waals surface area contributed by atoms with Crippen molar-refractivity contribution in [1.82, 2.24) is 0 Å². The van der Waals surface area contributed by atoms with E-state index in [1.165, 1.54) is 19.3 Å². The summed E-state index contributed by atoms with van der Waals surface area (Å²) in [6.07, 6.45) is -0.760. The monoisotopic (exact) mass is 226 g/mol. The molecule has 0 amide bonds. The lowest BCUT2D eigenvalue weighted by atomic mass is 9.89. The van der Waals surface area contributed by atoms with E-state index in [0.29, 0.717) is 12.5 Å². The standard InChI is InChI=1S/C10H18F3NO/c11-10(12,13)9(15)7-14-6-8-4-2-1-3-5-8/h8-9,14-15H,1-7H2/p+1/t9-/m0/s1. The second-order valence-electron chi connectivity index (χ2n) is 4.32. The molecular formula is C10H19F3NO+. The fourth-order valence-electron chi connectivity index (χ4n) is 2.05. The van der Waals surface area contributed by atoms with Crippen LogP contribution >= 0.6 is 0 Å². The number of rotatable bonds is 4. The quantitative estimate of drug-likeness (QED) is 0.738. The summed E-state index contributed by atoms with van der Waals surface area (Å²) < 4.78 is 35.8. The van der Waals surface area contributed by atoms with Crippen LogP contribution in [0.1, 0.15) is 32.1 Å². The summed E-state index contributed by atoms with van der Waals surface area (Å²) in [5.74, 6) is 0.541. The summed E-state index contributed by atoms with van der Waals surface area (Å²) >= 11 is 0. The van der Waals surface area contributed by atoms with E-state index in [1.807, 2.05) is 0 Å². The van der Waals surface area contributed by atoms with Crippen LogP contribution in [0, 0.1) is 5.92 Å². The highest BCUT2D eigenvalue weighted by atomic mass is 19.4. The van der Waals surface area contributed by atoms with Gasteiger partial charge in [0.1, 0.15) is 6.54 Å². The molecule has 1 aliphatic carbocycles. The third kappa shape index (κ3) is 4.84. The fraction of sp³-hybridized carbons (Fsp3) is 1.00. The number of alkyl halides is 3. The molecule has 0 heterocycles. The van der Waals surface area contributed by atoms with Crippen molar-refractivity contribution >= 4 is 0 Å². The van der Waals surface area contributed by atoms with E-state index >= 15 is 0 Å². The number of halogens is 3. The van der Waals surface area contributed by atoms with Crippen LogP contribution in [0.3, 0.4) is 0 Å². The van der Waals surface area contributed by atoms with E-state index in [4.69, 9.17) is 5.11 Å². The average Bonchev–Trinajstić information content (AvgIpc) is 2.18. The van der Waals surface area contributed by atoms with Crippen molar-refractivity contribution in [2.75, 3.05) is 13.1 Å². The number of aliphatic hydroxyl groups is 1. The molecule has 0 spiro atoms. The molecule has 90 valence electrons. The summed E-state index contributed by atoms with van der Waals surface area (Å²) in [7, 11) is 0. The molecule has 1 rings (SSSR count). The van der Waals surface area contributed by atoms with Crippen molar-refractivity contribution in [3.8, 4) is 0 Å². The van der Waals surface area contributed by atoms with Crippen molar-refractivity contribution in [2.24, 2.45) is 5.92 Å². The average molecular weight is 226 g/mol. The van der Waals surface area contributed by atoms with Crippen molar-refractivity contribution in [1.29, 1.82) is 0 Å². The number of hydrogen-bond donors (Lipinski definition) is 2. The third-order valence-corrected chi connectivity index (χ3v) is 2.99. The molecule has 1 fully saturated rings. The van der Waals surface area contributed by atoms with Gasteiger partial charge in [-0.2, -0.15) is 13.2 Å². The molecule has 0 aromatic heterocycles. The van der Waals surface area contributed by atoms with Gasteiger partial charge in [-0.1, -0.05) is 19.3 Å². The first-order chi connectivity index (χ1) is 7.00. The highest BCUT2D eigenvalue weighted by Crippen LogP contribution is 2.22. The Hall–Kier alpha value is -0.290. The largest absolute Gasteiger partial charge is 0.419 e. The molecular weight excluding hydrogens is 207 g/mol. The number of hydrogen-bond acceptors (Lipinski definition) is 1. The maximum absolute atomic E-state index is 11.9. The summed E-state index contributed by atoms with van der Waals surface area (Å²) in [5, 5.41) is 10.4. The van der Waals surface area contributed by atoms with Gasteiger partial charge in [0.05, 0.1) is 6.54 Å².